The highest BCUT2D eigenvalue weighted by molar-refractivity contribution is 5.31. The summed E-state index contributed by atoms with van der Waals surface area (Å²) in [5.41, 5.74) is 4.06. The molecule has 2 aliphatic carbocycles. The van der Waals surface area contributed by atoms with Crippen LogP contribution in [0.25, 0.3) is 0 Å². The van der Waals surface area contributed by atoms with Gasteiger partial charge in [-0.15, -0.1) is 0 Å². The van der Waals surface area contributed by atoms with Crippen molar-refractivity contribution < 1.29 is 0 Å². The molecule has 0 bridgehead atoms. The van der Waals surface area contributed by atoms with Crippen molar-refractivity contribution in [2.75, 3.05) is 0 Å². The topological polar surface area (TPSA) is 12.0 Å². The number of nitrogens with one attached hydrogen (secondary N) is 1. The first-order valence-electron chi connectivity index (χ1n) is 6.60. The highest BCUT2D eigenvalue weighted by Gasteiger charge is 2.15. The zero-order chi connectivity index (χ0) is 12.4. The molecule has 0 radical (unpaired) electrons. The monoisotopic (exact) mass is 229 g/mol. The van der Waals surface area contributed by atoms with E-state index >= 15 is 0 Å². The van der Waals surface area contributed by atoms with Crippen molar-refractivity contribution >= 4 is 0 Å². The molecule has 0 amide bonds. The first-order valence-corrected chi connectivity index (χ1v) is 6.60. The summed E-state index contributed by atoms with van der Waals surface area (Å²) in [6.45, 7) is 9.04. The smallest absolute Gasteiger partial charge is 0.0341 e. The van der Waals surface area contributed by atoms with E-state index in [9.17, 15) is 0 Å². The predicted molar refractivity (Wildman–Crippen MR) is 74.3 cm³/mol. The number of rotatable bonds is 2. The average molecular weight is 229 g/mol. The maximum absolute atomic E-state index is 3.55. The molecule has 1 N–H and O–H groups in total. The largest absolute Gasteiger partial charge is 0.359 e. The molecule has 1 heteroatoms. The third kappa shape index (κ3) is 2.91. The highest BCUT2D eigenvalue weighted by atomic mass is 14.9. The lowest BCUT2D eigenvalue weighted by atomic mass is 9.89. The van der Waals surface area contributed by atoms with Gasteiger partial charge < -0.3 is 5.32 Å². The molecule has 0 aromatic heterocycles. The van der Waals surface area contributed by atoms with Gasteiger partial charge in [0.1, 0.15) is 0 Å². The van der Waals surface area contributed by atoms with E-state index in [0.717, 1.165) is 6.42 Å². The second kappa shape index (κ2) is 4.95. The molecule has 0 aromatic rings. The number of allylic oxidation sites excluding steroid dienone is 7. The van der Waals surface area contributed by atoms with Crippen LogP contribution in [0.2, 0.25) is 0 Å². The standard InChI is InChI=1S/C16H23N/c1-11-5-7-15(9-13(11)3)17-16-8-6-12(2)14(4)10-16/h5-9,11,13-14,17H,10H2,1-4H3. The van der Waals surface area contributed by atoms with Crippen molar-refractivity contribution in [3.8, 4) is 0 Å². The van der Waals surface area contributed by atoms with E-state index in [-0.39, 0.29) is 0 Å². The van der Waals surface area contributed by atoms with Crippen LogP contribution >= 0.6 is 0 Å². The molecular formula is C16H23N. The summed E-state index contributed by atoms with van der Waals surface area (Å²) in [4.78, 5) is 0. The molecule has 0 aromatic carbocycles. The van der Waals surface area contributed by atoms with Crippen molar-refractivity contribution in [2.45, 2.75) is 34.1 Å². The Kier molecular flexibility index (Phi) is 3.56. The van der Waals surface area contributed by atoms with Crippen molar-refractivity contribution in [2.24, 2.45) is 17.8 Å². The molecular weight excluding hydrogens is 206 g/mol. The Balaban J connectivity index is 2.04. The molecule has 3 atom stereocenters. The Morgan fingerprint density at radius 1 is 1.12 bits per heavy atom. The summed E-state index contributed by atoms with van der Waals surface area (Å²) in [7, 11) is 0. The van der Waals surface area contributed by atoms with Gasteiger partial charge in [0.25, 0.3) is 0 Å². The van der Waals surface area contributed by atoms with Gasteiger partial charge in [-0.1, -0.05) is 44.6 Å². The van der Waals surface area contributed by atoms with E-state index in [1.807, 2.05) is 0 Å². The zero-order valence-corrected chi connectivity index (χ0v) is 11.3. The van der Waals surface area contributed by atoms with Crippen LogP contribution in [0.4, 0.5) is 0 Å². The van der Waals surface area contributed by atoms with Crippen LogP contribution in [-0.4, -0.2) is 0 Å². The average Bonchev–Trinajstić information content (AvgIpc) is 2.29. The molecule has 3 unspecified atom stereocenters. The van der Waals surface area contributed by atoms with Crippen LogP contribution in [0.3, 0.4) is 0 Å². The summed E-state index contributed by atoms with van der Waals surface area (Å²) < 4.78 is 0. The minimum atomic E-state index is 0.626. The fourth-order valence-corrected chi connectivity index (χ4v) is 2.24. The Hall–Kier alpha value is -1.24. The zero-order valence-electron chi connectivity index (χ0n) is 11.3. The molecule has 0 spiro atoms. The predicted octanol–water partition coefficient (Wildman–Crippen LogP) is 4.17. The van der Waals surface area contributed by atoms with Crippen LogP contribution in [0, 0.1) is 17.8 Å². The van der Waals surface area contributed by atoms with Crippen LogP contribution in [0.15, 0.2) is 47.3 Å². The van der Waals surface area contributed by atoms with Crippen LogP contribution < -0.4 is 5.32 Å². The molecule has 0 aliphatic heterocycles. The van der Waals surface area contributed by atoms with Crippen molar-refractivity contribution in [3.63, 3.8) is 0 Å². The minimum absolute atomic E-state index is 0.626. The van der Waals surface area contributed by atoms with Gasteiger partial charge in [0.15, 0.2) is 0 Å². The molecule has 0 saturated heterocycles. The van der Waals surface area contributed by atoms with Gasteiger partial charge in [-0.05, 0) is 43.3 Å². The Morgan fingerprint density at radius 3 is 2.53 bits per heavy atom. The van der Waals surface area contributed by atoms with Crippen molar-refractivity contribution in [3.05, 3.63) is 47.3 Å². The molecule has 0 fully saturated rings. The highest BCUT2D eigenvalue weighted by Crippen LogP contribution is 2.25. The Bertz CT molecular complexity index is 409. The van der Waals surface area contributed by atoms with Gasteiger partial charge in [-0.2, -0.15) is 0 Å². The lowest BCUT2D eigenvalue weighted by molar-refractivity contribution is 0.542. The van der Waals surface area contributed by atoms with Gasteiger partial charge in [0.05, 0.1) is 0 Å². The molecule has 2 rings (SSSR count). The third-order valence-corrected chi connectivity index (χ3v) is 4.01. The van der Waals surface area contributed by atoms with E-state index < -0.39 is 0 Å². The molecule has 92 valence electrons. The second-order valence-electron chi connectivity index (χ2n) is 5.53. The Labute approximate surface area is 105 Å². The molecule has 1 nitrogen and oxygen atoms in total. The first-order chi connectivity index (χ1) is 8.06. The van der Waals surface area contributed by atoms with E-state index in [2.05, 4.69) is 63.4 Å². The lowest BCUT2D eigenvalue weighted by Crippen LogP contribution is -2.19. The second-order valence-corrected chi connectivity index (χ2v) is 5.53. The van der Waals surface area contributed by atoms with Crippen LogP contribution in [0.5, 0.6) is 0 Å². The van der Waals surface area contributed by atoms with Gasteiger partial charge in [0.2, 0.25) is 0 Å². The molecule has 17 heavy (non-hydrogen) atoms. The quantitative estimate of drug-likeness (QED) is 0.749. The summed E-state index contributed by atoms with van der Waals surface area (Å²) in [5.74, 6) is 1.94. The minimum Gasteiger partial charge on any atom is -0.359 e. The van der Waals surface area contributed by atoms with E-state index in [1.165, 1.54) is 17.0 Å². The van der Waals surface area contributed by atoms with E-state index in [0.29, 0.717) is 17.8 Å². The SMILES string of the molecule is CC1=CC=C(NC2=CC(C)C(C)C=C2)CC1C. The fraction of sp³-hybridized carbons (Fsp3) is 0.500. The van der Waals surface area contributed by atoms with Crippen LogP contribution in [-0.2, 0) is 0 Å². The van der Waals surface area contributed by atoms with Gasteiger partial charge in [0, 0.05) is 11.4 Å². The van der Waals surface area contributed by atoms with Crippen molar-refractivity contribution in [1.29, 1.82) is 0 Å². The first kappa shape index (κ1) is 12.2. The fourth-order valence-electron chi connectivity index (χ4n) is 2.24. The van der Waals surface area contributed by atoms with Gasteiger partial charge >= 0.3 is 0 Å². The van der Waals surface area contributed by atoms with Crippen molar-refractivity contribution in [1.82, 2.24) is 5.32 Å². The maximum atomic E-state index is 3.55. The summed E-state index contributed by atoms with van der Waals surface area (Å²) >= 11 is 0. The molecule has 0 saturated carbocycles. The number of hydrogen-bond acceptors (Lipinski definition) is 1. The Morgan fingerprint density at radius 2 is 1.88 bits per heavy atom. The van der Waals surface area contributed by atoms with E-state index in [4.69, 9.17) is 0 Å². The van der Waals surface area contributed by atoms with E-state index in [1.54, 1.807) is 0 Å². The lowest BCUT2D eigenvalue weighted by Gasteiger charge is -2.24. The van der Waals surface area contributed by atoms with Gasteiger partial charge in [-0.3, -0.25) is 0 Å². The molecule has 2 aliphatic rings. The maximum Gasteiger partial charge on any atom is 0.0341 e. The normalized spacial score (nSPS) is 32.7. The molecule has 0 heterocycles. The third-order valence-electron chi connectivity index (χ3n) is 4.01. The summed E-state index contributed by atoms with van der Waals surface area (Å²) in [6, 6.07) is 0. The van der Waals surface area contributed by atoms with Gasteiger partial charge in [-0.25, -0.2) is 0 Å². The summed E-state index contributed by atoms with van der Waals surface area (Å²) in [5, 5.41) is 3.55. The van der Waals surface area contributed by atoms with Crippen LogP contribution in [0.1, 0.15) is 34.1 Å². The summed E-state index contributed by atoms with van der Waals surface area (Å²) in [6.07, 6.45) is 12.4. The number of hydrogen-bond donors (Lipinski definition) is 1.